The fourth-order valence-corrected chi connectivity index (χ4v) is 7.79. The van der Waals surface area contributed by atoms with Gasteiger partial charge in [-0.3, -0.25) is 28.9 Å². The fourth-order valence-electron chi connectivity index (χ4n) is 6.67. The SMILES string of the molecule is CN(C)[C@@H]1C(=O)C(C(N)=O)C(=O)[C@@]2(O)C(=O)C3C(=O)c4c(O)cccc4[C@H](CSc4ccccc4)C3[C@H](O)C12. The molecule has 39 heavy (non-hydrogen) atoms. The maximum atomic E-state index is 14.1. The molecule has 5 N–H and O–H groups in total. The van der Waals surface area contributed by atoms with Gasteiger partial charge in [-0.2, -0.15) is 0 Å². The first kappa shape index (κ1) is 27.2. The van der Waals surface area contributed by atoms with Crippen molar-refractivity contribution in [1.82, 2.24) is 4.90 Å². The Bertz CT molecular complexity index is 1400. The maximum absolute atomic E-state index is 14.1. The van der Waals surface area contributed by atoms with Gasteiger partial charge in [-0.25, -0.2) is 0 Å². The van der Waals surface area contributed by atoms with E-state index in [0.29, 0.717) is 5.56 Å². The average Bonchev–Trinajstić information content (AvgIpc) is 2.88. The lowest BCUT2D eigenvalue weighted by molar-refractivity contribution is -0.196. The van der Waals surface area contributed by atoms with Gasteiger partial charge in [0.05, 0.1) is 29.5 Å². The van der Waals surface area contributed by atoms with E-state index in [1.54, 1.807) is 12.1 Å². The Kier molecular flexibility index (Phi) is 6.74. The third-order valence-electron chi connectivity index (χ3n) is 8.32. The van der Waals surface area contributed by atoms with E-state index in [0.717, 1.165) is 4.90 Å². The van der Waals surface area contributed by atoms with Gasteiger partial charge >= 0.3 is 0 Å². The van der Waals surface area contributed by atoms with Gasteiger partial charge in [-0.05, 0) is 37.9 Å². The third kappa shape index (κ3) is 3.87. The Morgan fingerprint density at radius 3 is 2.31 bits per heavy atom. The lowest BCUT2D eigenvalue weighted by atomic mass is 9.49. The molecule has 0 aromatic heterocycles. The molecule has 8 atom stereocenters. The van der Waals surface area contributed by atoms with Gasteiger partial charge in [0.2, 0.25) is 5.91 Å². The summed E-state index contributed by atoms with van der Waals surface area (Å²) in [6.07, 6.45) is -1.67. The molecule has 0 bridgehead atoms. The molecule has 0 aliphatic heterocycles. The van der Waals surface area contributed by atoms with Crippen LogP contribution >= 0.6 is 11.8 Å². The van der Waals surface area contributed by atoms with Crippen LogP contribution in [0.15, 0.2) is 53.4 Å². The summed E-state index contributed by atoms with van der Waals surface area (Å²) in [5.41, 5.74) is 2.63. The molecular weight excluding hydrogens is 524 g/mol. The highest BCUT2D eigenvalue weighted by atomic mass is 32.2. The van der Waals surface area contributed by atoms with Crippen LogP contribution in [0.1, 0.15) is 21.8 Å². The molecule has 0 spiro atoms. The van der Waals surface area contributed by atoms with E-state index in [2.05, 4.69) is 0 Å². The van der Waals surface area contributed by atoms with Gasteiger partial charge in [0.1, 0.15) is 5.75 Å². The first-order valence-corrected chi connectivity index (χ1v) is 13.4. The minimum atomic E-state index is -3.02. The molecule has 3 aliphatic carbocycles. The van der Waals surface area contributed by atoms with E-state index in [9.17, 15) is 39.3 Å². The van der Waals surface area contributed by atoms with E-state index >= 15 is 0 Å². The number of thioether (sulfide) groups is 1. The Hall–Kier alpha value is -3.38. The van der Waals surface area contributed by atoms with Gasteiger partial charge in [0, 0.05) is 22.5 Å². The zero-order valence-electron chi connectivity index (χ0n) is 21.2. The van der Waals surface area contributed by atoms with Crippen LogP contribution in [0, 0.1) is 23.7 Å². The summed E-state index contributed by atoms with van der Waals surface area (Å²) >= 11 is 1.41. The average molecular weight is 553 g/mol. The molecule has 3 aliphatic rings. The molecule has 0 saturated heterocycles. The van der Waals surface area contributed by atoms with E-state index in [4.69, 9.17) is 5.73 Å². The number of aliphatic hydroxyl groups excluding tert-OH is 1. The van der Waals surface area contributed by atoms with Crippen LogP contribution in [0.25, 0.3) is 0 Å². The zero-order chi connectivity index (χ0) is 28.4. The van der Waals surface area contributed by atoms with Gasteiger partial charge < -0.3 is 21.1 Å². The molecule has 11 heteroatoms. The summed E-state index contributed by atoms with van der Waals surface area (Å²) in [5.74, 6) is -13.1. The van der Waals surface area contributed by atoms with Gasteiger partial charge in [0.25, 0.3) is 0 Å². The molecule has 1 amide bonds. The summed E-state index contributed by atoms with van der Waals surface area (Å²) in [4.78, 5) is 69.0. The standard InChI is InChI=1S/C28H28N2O8S/c1-30(2)21-20-23(33)17-14(11-39-12-7-4-3-5-8-12)13-9-6-10-15(31)16(13)22(32)18(17)25(35)28(20,38)26(36)19(24(21)34)27(29)37/h3-10,14,17-21,23,31,33,38H,11H2,1-2H3,(H2,29,37)/t14-,17?,18?,19?,20?,21-,23-,28-/m0/s1. The molecule has 5 rings (SSSR count). The summed E-state index contributed by atoms with van der Waals surface area (Å²) in [7, 11) is 2.92. The van der Waals surface area contributed by atoms with E-state index in [1.807, 2.05) is 30.3 Å². The maximum Gasteiger partial charge on any atom is 0.235 e. The number of carbonyl (C=O) groups excluding carboxylic acids is 5. The lowest BCUT2D eigenvalue weighted by Gasteiger charge is -2.56. The number of aliphatic hydroxyl groups is 2. The van der Waals surface area contributed by atoms with Gasteiger partial charge in [-0.1, -0.05) is 30.3 Å². The van der Waals surface area contributed by atoms with E-state index < -0.39 is 76.4 Å². The number of fused-ring (bicyclic) bond motifs is 3. The number of benzene rings is 2. The highest BCUT2D eigenvalue weighted by molar-refractivity contribution is 7.99. The van der Waals surface area contributed by atoms with Crippen LogP contribution in [-0.2, 0) is 19.2 Å². The molecule has 204 valence electrons. The molecule has 10 nitrogen and oxygen atoms in total. The van der Waals surface area contributed by atoms with Gasteiger partial charge in [0.15, 0.2) is 34.7 Å². The number of primary amides is 1. The first-order valence-electron chi connectivity index (χ1n) is 12.4. The highest BCUT2D eigenvalue weighted by Gasteiger charge is 2.73. The Labute approximate surface area is 228 Å². The quantitative estimate of drug-likeness (QED) is 0.296. The highest BCUT2D eigenvalue weighted by Crippen LogP contribution is 2.55. The number of amides is 1. The number of likely N-dealkylation sites (N-methyl/N-ethyl adjacent to an activating group) is 1. The van der Waals surface area contributed by atoms with Crippen LogP contribution in [0.2, 0.25) is 0 Å². The largest absolute Gasteiger partial charge is 0.507 e. The molecule has 2 aromatic carbocycles. The normalized spacial score (nSPS) is 33.9. The minimum absolute atomic E-state index is 0.116. The van der Waals surface area contributed by atoms with Crippen LogP contribution in [0.5, 0.6) is 5.75 Å². The Balaban J connectivity index is 1.69. The molecular formula is C28H28N2O8S. The number of Topliss-reactive ketones (excluding diaryl/α,β-unsaturated/α-hetero) is 4. The number of ketones is 4. The topological polar surface area (TPSA) is 175 Å². The van der Waals surface area contributed by atoms with Crippen molar-refractivity contribution in [2.75, 3.05) is 19.8 Å². The first-order chi connectivity index (χ1) is 18.4. The van der Waals surface area contributed by atoms with Crippen molar-refractivity contribution in [3.05, 3.63) is 59.7 Å². The lowest BCUT2D eigenvalue weighted by Crippen LogP contribution is -2.77. The van der Waals surface area contributed by atoms with Crippen molar-refractivity contribution in [2.24, 2.45) is 29.4 Å². The van der Waals surface area contributed by atoms with Crippen LogP contribution in [0.3, 0.4) is 0 Å². The molecule has 2 aromatic rings. The van der Waals surface area contributed by atoms with E-state index in [-0.39, 0.29) is 17.1 Å². The second-order valence-corrected chi connectivity index (χ2v) is 11.6. The van der Waals surface area contributed by atoms with Crippen molar-refractivity contribution >= 4 is 40.8 Å². The molecule has 0 radical (unpaired) electrons. The van der Waals surface area contributed by atoms with Crippen LogP contribution in [-0.4, -0.2) is 86.9 Å². The number of nitrogens with two attached hydrogens (primary N) is 1. The third-order valence-corrected chi connectivity index (χ3v) is 9.45. The predicted octanol–water partition coefficient (Wildman–Crippen LogP) is 0.171. The van der Waals surface area contributed by atoms with Gasteiger partial charge in [-0.15, -0.1) is 11.8 Å². The number of aromatic hydroxyl groups is 1. The number of phenols is 1. The summed E-state index contributed by atoms with van der Waals surface area (Å²) in [6, 6.07) is 12.4. The van der Waals surface area contributed by atoms with Crippen molar-refractivity contribution in [1.29, 1.82) is 0 Å². The molecule has 2 saturated carbocycles. The van der Waals surface area contributed by atoms with Crippen molar-refractivity contribution in [2.45, 2.75) is 28.6 Å². The molecule has 4 unspecified atom stereocenters. The molecule has 2 fully saturated rings. The summed E-state index contributed by atoms with van der Waals surface area (Å²) in [6.45, 7) is 0. The number of phenolic OH excluding ortho intramolecular Hbond substituents is 1. The second-order valence-electron chi connectivity index (χ2n) is 10.5. The molecule has 0 heterocycles. The zero-order valence-corrected chi connectivity index (χ0v) is 22.0. The second kappa shape index (κ2) is 9.67. The van der Waals surface area contributed by atoms with E-state index in [1.165, 1.54) is 36.8 Å². The number of hydrogen-bond donors (Lipinski definition) is 4. The number of hydrogen-bond acceptors (Lipinski definition) is 10. The summed E-state index contributed by atoms with van der Waals surface area (Å²) in [5, 5.41) is 34.3. The Morgan fingerprint density at radius 2 is 1.69 bits per heavy atom. The predicted molar refractivity (Wildman–Crippen MR) is 139 cm³/mol. The van der Waals surface area contributed by atoms with Crippen LogP contribution < -0.4 is 5.73 Å². The number of rotatable bonds is 5. The smallest absolute Gasteiger partial charge is 0.235 e. The monoisotopic (exact) mass is 552 g/mol. The fraction of sp³-hybridized carbons (Fsp3) is 0.393. The van der Waals surface area contributed by atoms with Crippen LogP contribution in [0.4, 0.5) is 0 Å². The van der Waals surface area contributed by atoms with Crippen molar-refractivity contribution in [3.8, 4) is 5.75 Å². The van der Waals surface area contributed by atoms with Crippen molar-refractivity contribution < 1.29 is 39.3 Å². The number of nitrogens with zero attached hydrogens (tertiary/aromatic N) is 1. The summed E-state index contributed by atoms with van der Waals surface area (Å²) < 4.78 is 0. The minimum Gasteiger partial charge on any atom is -0.507 e. The van der Waals surface area contributed by atoms with Crippen molar-refractivity contribution in [3.63, 3.8) is 0 Å². The number of carbonyl (C=O) groups is 5. The Morgan fingerprint density at radius 1 is 1.03 bits per heavy atom.